The Morgan fingerprint density at radius 2 is 2.39 bits per heavy atom. The molecular weight excluding hydrogens is 228 g/mol. The highest BCUT2D eigenvalue weighted by Crippen LogP contribution is 2.16. The van der Waals surface area contributed by atoms with Crippen molar-refractivity contribution in [2.75, 3.05) is 20.1 Å². The zero-order valence-electron chi connectivity index (χ0n) is 11.3. The number of nitrogens with zero attached hydrogens (tertiary/aromatic N) is 2. The lowest BCUT2D eigenvalue weighted by molar-refractivity contribution is -0.132. The zero-order chi connectivity index (χ0) is 13.0. The Bertz CT molecular complexity index is 375. The number of furan rings is 1. The third-order valence-electron chi connectivity index (χ3n) is 3.68. The monoisotopic (exact) mass is 250 g/mol. The highest BCUT2D eigenvalue weighted by atomic mass is 16.3. The van der Waals surface area contributed by atoms with Crippen LogP contribution in [0.4, 0.5) is 0 Å². The number of amides is 1. The van der Waals surface area contributed by atoms with Gasteiger partial charge in [-0.1, -0.05) is 6.42 Å². The highest BCUT2D eigenvalue weighted by Gasteiger charge is 2.22. The Hall–Kier alpha value is -1.29. The quantitative estimate of drug-likeness (QED) is 0.821. The normalized spacial score (nSPS) is 20.9. The number of likely N-dealkylation sites (tertiary alicyclic amines) is 1. The van der Waals surface area contributed by atoms with Crippen molar-refractivity contribution in [2.45, 2.75) is 38.8 Å². The van der Waals surface area contributed by atoms with Crippen molar-refractivity contribution in [3.63, 3.8) is 0 Å². The van der Waals surface area contributed by atoms with Gasteiger partial charge in [-0.25, -0.2) is 0 Å². The molecule has 1 aromatic rings. The Morgan fingerprint density at radius 1 is 1.56 bits per heavy atom. The maximum Gasteiger partial charge on any atom is 0.236 e. The highest BCUT2D eigenvalue weighted by molar-refractivity contribution is 5.78. The standard InChI is InChI=1S/C14H22N2O2/c1-12-6-3-4-8-16(12)11-14(17)15(2)10-13-7-5-9-18-13/h5,7,9,12H,3-4,6,8,10-11H2,1-2H3/t12-/m1/s1. The van der Waals surface area contributed by atoms with E-state index in [0.717, 1.165) is 12.3 Å². The van der Waals surface area contributed by atoms with E-state index in [0.29, 0.717) is 19.1 Å². The van der Waals surface area contributed by atoms with Gasteiger partial charge >= 0.3 is 0 Å². The Balaban J connectivity index is 1.83. The van der Waals surface area contributed by atoms with Crippen molar-refractivity contribution in [1.29, 1.82) is 0 Å². The fraction of sp³-hybridized carbons (Fsp3) is 0.643. The van der Waals surface area contributed by atoms with Gasteiger partial charge in [0.15, 0.2) is 0 Å². The zero-order valence-corrected chi connectivity index (χ0v) is 11.3. The van der Waals surface area contributed by atoms with Gasteiger partial charge in [0.1, 0.15) is 5.76 Å². The van der Waals surface area contributed by atoms with Crippen LogP contribution in [0, 0.1) is 0 Å². The summed E-state index contributed by atoms with van der Waals surface area (Å²) in [6, 6.07) is 4.27. The van der Waals surface area contributed by atoms with Crippen LogP contribution in [0.3, 0.4) is 0 Å². The molecule has 0 radical (unpaired) electrons. The molecule has 1 aliphatic heterocycles. The number of piperidine rings is 1. The van der Waals surface area contributed by atoms with E-state index in [1.807, 2.05) is 19.2 Å². The molecule has 1 amide bonds. The largest absolute Gasteiger partial charge is 0.467 e. The minimum Gasteiger partial charge on any atom is -0.467 e. The molecule has 0 N–H and O–H groups in total. The summed E-state index contributed by atoms with van der Waals surface area (Å²) in [6.07, 6.45) is 5.34. The second-order valence-corrected chi connectivity index (χ2v) is 5.14. The molecule has 0 unspecified atom stereocenters. The maximum atomic E-state index is 12.1. The van der Waals surface area contributed by atoms with E-state index < -0.39 is 0 Å². The van der Waals surface area contributed by atoms with Crippen LogP contribution in [0.2, 0.25) is 0 Å². The third kappa shape index (κ3) is 3.35. The smallest absolute Gasteiger partial charge is 0.236 e. The van der Waals surface area contributed by atoms with Gasteiger partial charge in [-0.3, -0.25) is 9.69 Å². The average molecular weight is 250 g/mol. The lowest BCUT2D eigenvalue weighted by Crippen LogP contribution is -2.44. The summed E-state index contributed by atoms with van der Waals surface area (Å²) in [6.45, 7) is 4.33. The lowest BCUT2D eigenvalue weighted by Gasteiger charge is -2.33. The molecule has 4 nitrogen and oxygen atoms in total. The molecular formula is C14H22N2O2. The van der Waals surface area contributed by atoms with Crippen LogP contribution in [0.1, 0.15) is 31.9 Å². The molecule has 1 saturated heterocycles. The molecule has 1 atom stereocenters. The molecule has 0 bridgehead atoms. The number of hydrogen-bond donors (Lipinski definition) is 0. The van der Waals surface area contributed by atoms with E-state index in [2.05, 4.69) is 11.8 Å². The van der Waals surface area contributed by atoms with Gasteiger partial charge in [-0.15, -0.1) is 0 Å². The van der Waals surface area contributed by atoms with E-state index in [9.17, 15) is 4.79 Å². The van der Waals surface area contributed by atoms with Gasteiger partial charge in [0.25, 0.3) is 0 Å². The van der Waals surface area contributed by atoms with Gasteiger partial charge in [0.05, 0.1) is 19.4 Å². The van der Waals surface area contributed by atoms with Crippen LogP contribution in [-0.2, 0) is 11.3 Å². The Kier molecular flexibility index (Phi) is 4.42. The van der Waals surface area contributed by atoms with Crippen molar-refractivity contribution < 1.29 is 9.21 Å². The van der Waals surface area contributed by atoms with Crippen LogP contribution in [-0.4, -0.2) is 41.9 Å². The first-order chi connectivity index (χ1) is 8.66. The van der Waals surface area contributed by atoms with Crippen molar-refractivity contribution in [3.8, 4) is 0 Å². The predicted octanol–water partition coefficient (Wildman–Crippen LogP) is 2.11. The second kappa shape index (κ2) is 6.05. The van der Waals surface area contributed by atoms with Crippen molar-refractivity contribution in [1.82, 2.24) is 9.80 Å². The molecule has 0 spiro atoms. The molecule has 1 aromatic heterocycles. The van der Waals surface area contributed by atoms with E-state index in [1.54, 1.807) is 11.2 Å². The summed E-state index contributed by atoms with van der Waals surface area (Å²) in [4.78, 5) is 16.1. The summed E-state index contributed by atoms with van der Waals surface area (Å²) >= 11 is 0. The lowest BCUT2D eigenvalue weighted by atomic mass is 10.0. The van der Waals surface area contributed by atoms with Crippen LogP contribution >= 0.6 is 0 Å². The molecule has 0 saturated carbocycles. The van der Waals surface area contributed by atoms with Crippen LogP contribution in [0.5, 0.6) is 0 Å². The average Bonchev–Trinajstić information content (AvgIpc) is 2.84. The van der Waals surface area contributed by atoms with Gasteiger partial charge in [-0.2, -0.15) is 0 Å². The van der Waals surface area contributed by atoms with Gasteiger partial charge in [-0.05, 0) is 38.4 Å². The molecule has 2 rings (SSSR count). The van der Waals surface area contributed by atoms with Gasteiger partial charge in [0.2, 0.25) is 5.91 Å². The van der Waals surface area contributed by atoms with Crippen LogP contribution in [0.25, 0.3) is 0 Å². The number of rotatable bonds is 4. The van der Waals surface area contributed by atoms with E-state index in [-0.39, 0.29) is 5.91 Å². The summed E-state index contributed by atoms with van der Waals surface area (Å²) in [5, 5.41) is 0. The SMILES string of the molecule is C[C@@H]1CCCCN1CC(=O)N(C)Cc1ccco1. The Labute approximate surface area is 109 Å². The topological polar surface area (TPSA) is 36.7 Å². The van der Waals surface area contributed by atoms with Crippen LogP contribution in [0.15, 0.2) is 22.8 Å². The van der Waals surface area contributed by atoms with Crippen LogP contribution < -0.4 is 0 Å². The molecule has 0 aromatic carbocycles. The second-order valence-electron chi connectivity index (χ2n) is 5.14. The van der Waals surface area contributed by atoms with Crippen molar-refractivity contribution in [2.24, 2.45) is 0 Å². The first kappa shape index (κ1) is 13.1. The minimum absolute atomic E-state index is 0.167. The molecule has 0 aliphatic carbocycles. The molecule has 18 heavy (non-hydrogen) atoms. The van der Waals surface area contributed by atoms with Crippen molar-refractivity contribution >= 4 is 5.91 Å². The molecule has 4 heteroatoms. The first-order valence-electron chi connectivity index (χ1n) is 6.67. The molecule has 2 heterocycles. The molecule has 100 valence electrons. The van der Waals surface area contributed by atoms with Crippen molar-refractivity contribution in [3.05, 3.63) is 24.2 Å². The molecule has 1 fully saturated rings. The summed E-state index contributed by atoms with van der Waals surface area (Å²) in [7, 11) is 1.83. The number of likely N-dealkylation sites (N-methyl/N-ethyl adjacent to an activating group) is 1. The predicted molar refractivity (Wildman–Crippen MR) is 70.1 cm³/mol. The Morgan fingerprint density at radius 3 is 3.06 bits per heavy atom. The van der Waals surface area contributed by atoms with E-state index in [4.69, 9.17) is 4.42 Å². The number of carbonyl (C=O) groups excluding carboxylic acids is 1. The van der Waals surface area contributed by atoms with E-state index in [1.165, 1.54) is 19.3 Å². The number of carbonyl (C=O) groups is 1. The fourth-order valence-corrected chi connectivity index (χ4v) is 2.41. The first-order valence-corrected chi connectivity index (χ1v) is 6.67. The third-order valence-corrected chi connectivity index (χ3v) is 3.68. The maximum absolute atomic E-state index is 12.1. The molecule has 1 aliphatic rings. The summed E-state index contributed by atoms with van der Waals surface area (Å²) < 4.78 is 5.26. The number of hydrogen-bond acceptors (Lipinski definition) is 3. The van der Waals surface area contributed by atoms with E-state index >= 15 is 0 Å². The summed E-state index contributed by atoms with van der Waals surface area (Å²) in [5.41, 5.74) is 0. The fourth-order valence-electron chi connectivity index (χ4n) is 2.41. The summed E-state index contributed by atoms with van der Waals surface area (Å²) in [5.74, 6) is 0.998. The van der Waals surface area contributed by atoms with Gasteiger partial charge in [0, 0.05) is 13.1 Å². The minimum atomic E-state index is 0.167. The van der Waals surface area contributed by atoms with Gasteiger partial charge < -0.3 is 9.32 Å².